The lowest BCUT2D eigenvalue weighted by atomic mass is 10.1. The normalized spacial score (nSPS) is 10.4. The van der Waals surface area contributed by atoms with Gasteiger partial charge in [0.25, 0.3) is 0 Å². The molecule has 1 aromatic carbocycles. The second-order valence-electron chi connectivity index (χ2n) is 5.48. The molecule has 0 bridgehead atoms. The molecule has 122 valence electrons. The molecule has 0 unspecified atom stereocenters. The fourth-order valence-electron chi connectivity index (χ4n) is 2.31. The molecule has 0 saturated heterocycles. The molecular formula is C17H22N4O2. The molecule has 1 aromatic heterocycles. The van der Waals surface area contributed by atoms with Crippen LogP contribution in [0.3, 0.4) is 0 Å². The van der Waals surface area contributed by atoms with Gasteiger partial charge in [0.2, 0.25) is 11.8 Å². The Bertz CT molecular complexity index is 692. The number of aryl methyl sites for hydroxylation is 3. The summed E-state index contributed by atoms with van der Waals surface area (Å²) < 4.78 is 1.71. The van der Waals surface area contributed by atoms with Gasteiger partial charge in [0.1, 0.15) is 0 Å². The van der Waals surface area contributed by atoms with E-state index in [9.17, 15) is 9.59 Å². The second-order valence-corrected chi connectivity index (χ2v) is 5.48. The number of hydrogen-bond acceptors (Lipinski definition) is 3. The summed E-state index contributed by atoms with van der Waals surface area (Å²) in [6.45, 7) is 3.68. The third-order valence-electron chi connectivity index (χ3n) is 3.70. The lowest BCUT2D eigenvalue weighted by Crippen LogP contribution is -2.33. The van der Waals surface area contributed by atoms with Gasteiger partial charge < -0.3 is 10.6 Å². The number of anilines is 1. The van der Waals surface area contributed by atoms with Gasteiger partial charge in [-0.05, 0) is 25.8 Å². The summed E-state index contributed by atoms with van der Waals surface area (Å²) in [4.78, 5) is 23.7. The Morgan fingerprint density at radius 1 is 1.13 bits per heavy atom. The maximum Gasteiger partial charge on any atom is 0.243 e. The summed E-state index contributed by atoms with van der Waals surface area (Å²) in [5, 5.41) is 9.67. The van der Waals surface area contributed by atoms with Gasteiger partial charge in [-0.2, -0.15) is 5.10 Å². The minimum Gasteiger partial charge on any atom is -0.347 e. The van der Waals surface area contributed by atoms with Crippen molar-refractivity contribution in [1.82, 2.24) is 15.1 Å². The number of benzene rings is 1. The van der Waals surface area contributed by atoms with Crippen LogP contribution >= 0.6 is 0 Å². The third-order valence-corrected chi connectivity index (χ3v) is 3.70. The van der Waals surface area contributed by atoms with Gasteiger partial charge in [0.05, 0.1) is 23.6 Å². The first kappa shape index (κ1) is 16.7. The summed E-state index contributed by atoms with van der Waals surface area (Å²) >= 11 is 0. The molecule has 0 radical (unpaired) electrons. The zero-order valence-electron chi connectivity index (χ0n) is 13.7. The molecule has 2 N–H and O–H groups in total. The predicted octanol–water partition coefficient (Wildman–Crippen LogP) is 1.72. The largest absolute Gasteiger partial charge is 0.347 e. The van der Waals surface area contributed by atoms with Crippen LogP contribution in [-0.4, -0.2) is 28.1 Å². The van der Waals surface area contributed by atoms with Crippen molar-refractivity contribution in [3.05, 3.63) is 47.3 Å². The van der Waals surface area contributed by atoms with Gasteiger partial charge in [-0.3, -0.25) is 14.3 Å². The Kier molecular flexibility index (Phi) is 5.51. The zero-order chi connectivity index (χ0) is 16.8. The fourth-order valence-corrected chi connectivity index (χ4v) is 2.31. The molecule has 0 spiro atoms. The summed E-state index contributed by atoms with van der Waals surface area (Å²) in [5.41, 5.74) is 3.45. The van der Waals surface area contributed by atoms with Crippen LogP contribution in [-0.2, 0) is 23.1 Å². The number of nitrogens with zero attached hydrogens (tertiary/aromatic N) is 2. The quantitative estimate of drug-likeness (QED) is 0.852. The molecule has 2 aromatic rings. The highest BCUT2D eigenvalue weighted by Gasteiger charge is 2.13. The second kappa shape index (κ2) is 7.58. The van der Waals surface area contributed by atoms with Crippen LogP contribution in [0.1, 0.15) is 23.4 Å². The van der Waals surface area contributed by atoms with Crippen LogP contribution in [0.4, 0.5) is 5.69 Å². The first-order valence-electron chi connectivity index (χ1n) is 7.58. The third kappa shape index (κ3) is 4.67. The van der Waals surface area contributed by atoms with Crippen LogP contribution in [0, 0.1) is 13.8 Å². The van der Waals surface area contributed by atoms with E-state index in [-0.39, 0.29) is 18.4 Å². The Hall–Kier alpha value is -2.63. The number of carbonyl (C=O) groups is 2. The van der Waals surface area contributed by atoms with Gasteiger partial charge in [-0.1, -0.05) is 30.3 Å². The molecular weight excluding hydrogens is 292 g/mol. The van der Waals surface area contributed by atoms with Crippen molar-refractivity contribution in [2.75, 3.05) is 11.9 Å². The van der Waals surface area contributed by atoms with E-state index < -0.39 is 0 Å². The minimum atomic E-state index is -0.253. The van der Waals surface area contributed by atoms with Gasteiger partial charge >= 0.3 is 0 Å². The van der Waals surface area contributed by atoms with Crippen molar-refractivity contribution < 1.29 is 9.59 Å². The molecule has 0 aliphatic carbocycles. The molecule has 6 nitrogen and oxygen atoms in total. The van der Waals surface area contributed by atoms with Gasteiger partial charge in [-0.25, -0.2) is 0 Å². The topological polar surface area (TPSA) is 76.0 Å². The van der Waals surface area contributed by atoms with E-state index in [4.69, 9.17) is 0 Å². The molecule has 0 aliphatic rings. The van der Waals surface area contributed by atoms with Crippen LogP contribution in [0.5, 0.6) is 0 Å². The average molecular weight is 314 g/mol. The van der Waals surface area contributed by atoms with E-state index in [1.54, 1.807) is 4.68 Å². The maximum absolute atomic E-state index is 11.9. The number of nitrogens with one attached hydrogen (secondary N) is 2. The molecule has 23 heavy (non-hydrogen) atoms. The smallest absolute Gasteiger partial charge is 0.243 e. The van der Waals surface area contributed by atoms with Crippen molar-refractivity contribution >= 4 is 17.5 Å². The average Bonchev–Trinajstić information content (AvgIpc) is 2.78. The molecule has 0 saturated carbocycles. The predicted molar refractivity (Wildman–Crippen MR) is 89.1 cm³/mol. The van der Waals surface area contributed by atoms with Crippen molar-refractivity contribution in [1.29, 1.82) is 0 Å². The van der Waals surface area contributed by atoms with Gasteiger partial charge in [0.15, 0.2) is 0 Å². The van der Waals surface area contributed by atoms with E-state index in [1.807, 2.05) is 51.2 Å². The molecule has 0 aliphatic heterocycles. The maximum atomic E-state index is 11.9. The van der Waals surface area contributed by atoms with E-state index in [0.717, 1.165) is 17.0 Å². The van der Waals surface area contributed by atoms with Crippen LogP contribution < -0.4 is 10.6 Å². The zero-order valence-corrected chi connectivity index (χ0v) is 13.7. The first-order chi connectivity index (χ1) is 11.0. The monoisotopic (exact) mass is 314 g/mol. The molecule has 2 rings (SSSR count). The molecule has 6 heteroatoms. The summed E-state index contributed by atoms with van der Waals surface area (Å²) in [5.74, 6) is -0.388. The lowest BCUT2D eigenvalue weighted by Gasteiger charge is -2.07. The number of carbonyl (C=O) groups excluding carboxylic acids is 2. The van der Waals surface area contributed by atoms with E-state index >= 15 is 0 Å². The van der Waals surface area contributed by atoms with E-state index in [1.165, 1.54) is 0 Å². The van der Waals surface area contributed by atoms with Crippen molar-refractivity contribution in [2.45, 2.75) is 26.7 Å². The van der Waals surface area contributed by atoms with Gasteiger partial charge in [-0.15, -0.1) is 0 Å². The van der Waals surface area contributed by atoms with Crippen LogP contribution in [0.2, 0.25) is 0 Å². The number of rotatable bonds is 6. The Balaban J connectivity index is 1.76. The lowest BCUT2D eigenvalue weighted by molar-refractivity contribution is -0.124. The van der Waals surface area contributed by atoms with Crippen LogP contribution in [0.25, 0.3) is 0 Å². The number of aromatic nitrogens is 2. The highest BCUT2D eigenvalue weighted by Crippen LogP contribution is 2.17. The highest BCUT2D eigenvalue weighted by molar-refractivity contribution is 5.95. The van der Waals surface area contributed by atoms with Crippen LogP contribution in [0.15, 0.2) is 30.3 Å². The van der Waals surface area contributed by atoms with E-state index in [2.05, 4.69) is 15.7 Å². The summed E-state index contributed by atoms with van der Waals surface area (Å²) in [7, 11) is 1.82. The first-order valence-corrected chi connectivity index (χ1v) is 7.58. The number of hydrogen-bond donors (Lipinski definition) is 2. The van der Waals surface area contributed by atoms with Crippen molar-refractivity contribution in [3.63, 3.8) is 0 Å². The highest BCUT2D eigenvalue weighted by atomic mass is 16.2. The Labute approximate surface area is 135 Å². The molecule has 1 heterocycles. The Morgan fingerprint density at radius 2 is 1.83 bits per heavy atom. The van der Waals surface area contributed by atoms with E-state index in [0.29, 0.717) is 18.5 Å². The SMILES string of the molecule is Cc1nn(C)c(C)c1NC(=O)CNC(=O)CCc1ccccc1. The number of amides is 2. The molecule has 0 fully saturated rings. The fraction of sp³-hybridized carbons (Fsp3) is 0.353. The molecule has 2 amide bonds. The van der Waals surface area contributed by atoms with Crippen molar-refractivity contribution in [2.24, 2.45) is 7.05 Å². The standard InChI is InChI=1S/C17H22N4O2/c1-12-17(13(2)21(3)20-12)19-16(23)11-18-15(22)10-9-14-7-5-4-6-8-14/h4-8H,9-11H2,1-3H3,(H,18,22)(H,19,23). The Morgan fingerprint density at radius 3 is 2.43 bits per heavy atom. The summed E-state index contributed by atoms with van der Waals surface area (Å²) in [6, 6.07) is 9.79. The van der Waals surface area contributed by atoms with Crippen molar-refractivity contribution in [3.8, 4) is 0 Å². The van der Waals surface area contributed by atoms with Gasteiger partial charge in [0, 0.05) is 13.5 Å². The summed E-state index contributed by atoms with van der Waals surface area (Å²) in [6.07, 6.45) is 1.03. The minimum absolute atomic E-state index is 0.0403. The molecule has 0 atom stereocenters.